The Morgan fingerprint density at radius 3 is 2.78 bits per heavy atom. The number of nitrogens with zero attached hydrogens (tertiary/aromatic N) is 1. The summed E-state index contributed by atoms with van der Waals surface area (Å²) in [7, 11) is 0. The fourth-order valence-electron chi connectivity index (χ4n) is 2.53. The quantitative estimate of drug-likeness (QED) is 0.769. The van der Waals surface area contributed by atoms with Crippen LogP contribution < -0.4 is 9.64 Å². The highest BCUT2D eigenvalue weighted by atomic mass is 35.5. The second kappa shape index (κ2) is 7.28. The first-order valence-electron chi connectivity index (χ1n) is 7.61. The van der Waals surface area contributed by atoms with Gasteiger partial charge in [-0.15, -0.1) is 11.8 Å². The van der Waals surface area contributed by atoms with Crippen molar-refractivity contribution in [3.8, 4) is 5.75 Å². The van der Waals surface area contributed by atoms with E-state index in [1.807, 2.05) is 53.4 Å². The molecule has 0 spiro atoms. The number of carbonyl (C=O) groups excluding carboxylic acids is 1. The second-order valence-electron chi connectivity index (χ2n) is 5.32. The van der Waals surface area contributed by atoms with Crippen LogP contribution in [0.2, 0.25) is 5.02 Å². The highest BCUT2D eigenvalue weighted by Gasteiger charge is 2.34. The molecular weight excluding hydrogens is 330 g/mol. The maximum absolute atomic E-state index is 12.3. The average molecular weight is 348 g/mol. The van der Waals surface area contributed by atoms with Gasteiger partial charge in [0, 0.05) is 10.7 Å². The summed E-state index contributed by atoms with van der Waals surface area (Å²) in [6.07, 6.45) is 0.970. The third-order valence-corrected chi connectivity index (χ3v) is 5.05. The van der Waals surface area contributed by atoms with Gasteiger partial charge in [-0.2, -0.15) is 0 Å². The highest BCUT2D eigenvalue weighted by molar-refractivity contribution is 8.00. The van der Waals surface area contributed by atoms with Crippen molar-refractivity contribution in [3.05, 3.63) is 59.1 Å². The van der Waals surface area contributed by atoms with E-state index in [1.54, 1.807) is 11.8 Å². The third kappa shape index (κ3) is 3.65. The molecule has 1 fully saturated rings. The molecule has 0 unspecified atom stereocenters. The van der Waals surface area contributed by atoms with E-state index in [4.69, 9.17) is 16.3 Å². The Labute approximate surface area is 145 Å². The fourth-order valence-corrected chi connectivity index (χ4v) is 3.82. The number of hydrogen-bond donors (Lipinski definition) is 0. The SMILES string of the molecule is CCCOc1cccc([C@H]2SCC(=O)N2c2ccc(Cl)cc2)c1. The molecule has 0 N–H and O–H groups in total. The molecule has 1 amide bonds. The molecule has 3 rings (SSSR count). The van der Waals surface area contributed by atoms with E-state index in [-0.39, 0.29) is 11.3 Å². The van der Waals surface area contributed by atoms with Crippen LogP contribution in [0.15, 0.2) is 48.5 Å². The molecule has 0 saturated carbocycles. The summed E-state index contributed by atoms with van der Waals surface area (Å²) in [5, 5.41) is 0.633. The molecule has 0 bridgehead atoms. The van der Waals surface area contributed by atoms with Gasteiger partial charge in [0.15, 0.2) is 0 Å². The van der Waals surface area contributed by atoms with Crippen LogP contribution in [-0.2, 0) is 4.79 Å². The van der Waals surface area contributed by atoms with Gasteiger partial charge in [0.05, 0.1) is 12.4 Å². The van der Waals surface area contributed by atoms with Gasteiger partial charge in [-0.05, 0) is 48.4 Å². The Hall–Kier alpha value is -1.65. The zero-order chi connectivity index (χ0) is 16.2. The lowest BCUT2D eigenvalue weighted by molar-refractivity contribution is -0.115. The van der Waals surface area contributed by atoms with Crippen molar-refractivity contribution in [1.29, 1.82) is 0 Å². The van der Waals surface area contributed by atoms with Gasteiger partial charge in [-0.3, -0.25) is 9.69 Å². The van der Waals surface area contributed by atoms with E-state index in [9.17, 15) is 4.79 Å². The maximum Gasteiger partial charge on any atom is 0.238 e. The van der Waals surface area contributed by atoms with Crippen molar-refractivity contribution in [1.82, 2.24) is 0 Å². The average Bonchev–Trinajstić information content (AvgIpc) is 2.96. The number of thioether (sulfide) groups is 1. The number of amides is 1. The first-order valence-corrected chi connectivity index (χ1v) is 9.03. The minimum atomic E-state index is -0.0335. The Kier molecular flexibility index (Phi) is 5.13. The van der Waals surface area contributed by atoms with Crippen LogP contribution in [0.3, 0.4) is 0 Å². The number of halogens is 1. The molecule has 1 atom stereocenters. The van der Waals surface area contributed by atoms with Crippen molar-refractivity contribution in [3.63, 3.8) is 0 Å². The van der Waals surface area contributed by atoms with Crippen molar-refractivity contribution >= 4 is 35.0 Å². The van der Waals surface area contributed by atoms with E-state index in [0.29, 0.717) is 17.4 Å². The Morgan fingerprint density at radius 1 is 1.26 bits per heavy atom. The van der Waals surface area contributed by atoms with Crippen LogP contribution in [0.25, 0.3) is 0 Å². The molecule has 23 heavy (non-hydrogen) atoms. The molecule has 5 heteroatoms. The Balaban J connectivity index is 1.88. The van der Waals surface area contributed by atoms with E-state index >= 15 is 0 Å². The molecule has 1 aliphatic rings. The largest absolute Gasteiger partial charge is 0.494 e. The van der Waals surface area contributed by atoms with E-state index < -0.39 is 0 Å². The van der Waals surface area contributed by atoms with Crippen molar-refractivity contribution in [2.45, 2.75) is 18.7 Å². The fraction of sp³-hybridized carbons (Fsp3) is 0.278. The number of anilines is 1. The highest BCUT2D eigenvalue weighted by Crippen LogP contribution is 2.42. The Morgan fingerprint density at radius 2 is 2.04 bits per heavy atom. The number of rotatable bonds is 5. The molecule has 2 aromatic rings. The molecule has 2 aromatic carbocycles. The second-order valence-corrected chi connectivity index (χ2v) is 6.83. The summed E-state index contributed by atoms with van der Waals surface area (Å²) in [6.45, 7) is 2.78. The monoisotopic (exact) mass is 347 g/mol. The minimum absolute atomic E-state index is 0.0335. The van der Waals surface area contributed by atoms with E-state index in [2.05, 4.69) is 6.92 Å². The van der Waals surface area contributed by atoms with Crippen molar-refractivity contribution in [2.75, 3.05) is 17.3 Å². The summed E-state index contributed by atoms with van der Waals surface area (Å²) in [6, 6.07) is 15.4. The minimum Gasteiger partial charge on any atom is -0.494 e. The van der Waals surface area contributed by atoms with Crippen molar-refractivity contribution in [2.24, 2.45) is 0 Å². The molecular formula is C18H18ClNO2S. The number of carbonyl (C=O) groups is 1. The number of benzene rings is 2. The molecule has 1 saturated heterocycles. The first kappa shape index (κ1) is 16.2. The molecule has 0 aliphatic carbocycles. The molecule has 1 heterocycles. The smallest absolute Gasteiger partial charge is 0.238 e. The van der Waals surface area contributed by atoms with Crippen LogP contribution in [0.5, 0.6) is 5.75 Å². The predicted molar refractivity (Wildman–Crippen MR) is 96.4 cm³/mol. The summed E-state index contributed by atoms with van der Waals surface area (Å²) in [4.78, 5) is 14.2. The lowest BCUT2D eigenvalue weighted by atomic mass is 10.1. The zero-order valence-corrected chi connectivity index (χ0v) is 14.4. The summed E-state index contributed by atoms with van der Waals surface area (Å²) < 4.78 is 5.71. The van der Waals surface area contributed by atoms with Crippen LogP contribution in [0.1, 0.15) is 24.3 Å². The van der Waals surface area contributed by atoms with Crippen molar-refractivity contribution < 1.29 is 9.53 Å². The predicted octanol–water partition coefficient (Wildman–Crippen LogP) is 4.91. The van der Waals surface area contributed by atoms with Crippen LogP contribution >= 0.6 is 23.4 Å². The maximum atomic E-state index is 12.3. The van der Waals surface area contributed by atoms with Gasteiger partial charge in [-0.25, -0.2) is 0 Å². The summed E-state index contributed by atoms with van der Waals surface area (Å²) in [5.41, 5.74) is 1.94. The zero-order valence-electron chi connectivity index (χ0n) is 12.9. The van der Waals surface area contributed by atoms with Gasteiger partial charge in [0.2, 0.25) is 5.91 Å². The van der Waals surface area contributed by atoms with Gasteiger partial charge in [0.25, 0.3) is 0 Å². The van der Waals surface area contributed by atoms with E-state index in [1.165, 1.54) is 0 Å². The topological polar surface area (TPSA) is 29.5 Å². The molecule has 120 valence electrons. The normalized spacial score (nSPS) is 17.6. The molecule has 0 radical (unpaired) electrons. The third-order valence-electron chi connectivity index (χ3n) is 3.59. The first-order chi connectivity index (χ1) is 11.2. The van der Waals surface area contributed by atoms with Gasteiger partial charge in [0.1, 0.15) is 11.1 Å². The van der Waals surface area contributed by atoms with Gasteiger partial charge < -0.3 is 4.74 Å². The van der Waals surface area contributed by atoms with Crippen LogP contribution in [-0.4, -0.2) is 18.3 Å². The molecule has 0 aromatic heterocycles. The Bertz CT molecular complexity index is 690. The molecule has 3 nitrogen and oxygen atoms in total. The van der Waals surface area contributed by atoms with Gasteiger partial charge >= 0.3 is 0 Å². The van der Waals surface area contributed by atoms with E-state index in [0.717, 1.165) is 23.4 Å². The standard InChI is InChI=1S/C18H18ClNO2S/c1-2-10-22-16-5-3-4-13(11-16)18-20(17(21)12-23-18)15-8-6-14(19)7-9-15/h3-9,11,18H,2,10,12H2,1H3/t18-/m1/s1. The number of hydrogen-bond acceptors (Lipinski definition) is 3. The summed E-state index contributed by atoms with van der Waals surface area (Å²) >= 11 is 7.58. The van der Waals surface area contributed by atoms with Crippen LogP contribution in [0.4, 0.5) is 5.69 Å². The van der Waals surface area contributed by atoms with Crippen LogP contribution in [0, 0.1) is 0 Å². The lowest BCUT2D eigenvalue weighted by Gasteiger charge is -2.24. The van der Waals surface area contributed by atoms with Gasteiger partial charge in [-0.1, -0.05) is 30.7 Å². The number of ether oxygens (including phenoxy) is 1. The lowest BCUT2D eigenvalue weighted by Crippen LogP contribution is -2.27. The summed E-state index contributed by atoms with van der Waals surface area (Å²) in [5.74, 6) is 1.44. The molecule has 1 aliphatic heterocycles.